The van der Waals surface area contributed by atoms with Gasteiger partial charge in [0.05, 0.1) is 12.8 Å². The van der Waals surface area contributed by atoms with Gasteiger partial charge in [-0.3, -0.25) is 10.9 Å². The fourth-order valence-corrected chi connectivity index (χ4v) is 0.603. The van der Waals surface area contributed by atoms with Gasteiger partial charge in [-0.15, -0.1) is 0 Å². The Morgan fingerprint density at radius 2 is 1.75 bits per heavy atom. The van der Waals surface area contributed by atoms with Gasteiger partial charge in [0.1, 0.15) is 5.71 Å². The molecular weight excluding hydrogens is 248 g/mol. The van der Waals surface area contributed by atoms with Crippen molar-refractivity contribution in [3.05, 3.63) is 0 Å². The average molecular weight is 262 g/mol. The van der Waals surface area contributed by atoms with E-state index in [0.29, 0.717) is 15.9 Å². The van der Waals surface area contributed by atoms with E-state index in [1.807, 2.05) is 0 Å². The van der Waals surface area contributed by atoms with E-state index in [-0.39, 0.29) is 6.61 Å². The molecule has 16 heavy (non-hydrogen) atoms. The first-order chi connectivity index (χ1) is 7.63. The Hall–Kier alpha value is -1.32. The summed E-state index contributed by atoms with van der Waals surface area (Å²) in [6.45, 7) is -0.267. The number of rotatable bonds is 4. The van der Waals surface area contributed by atoms with E-state index in [1.165, 1.54) is 6.21 Å². The second-order valence-electron chi connectivity index (χ2n) is 2.40. The molecule has 5 N–H and O–H groups in total. The lowest BCUT2D eigenvalue weighted by Crippen LogP contribution is -2.31. The summed E-state index contributed by atoms with van der Waals surface area (Å²) in [6.07, 6.45) is 1.33. The lowest BCUT2D eigenvalue weighted by molar-refractivity contribution is 0.359. The predicted molar refractivity (Wildman–Crippen MR) is 72.6 cm³/mol. The highest BCUT2D eigenvalue weighted by Gasteiger charge is 1.94. The van der Waals surface area contributed by atoms with Gasteiger partial charge in [-0.05, 0) is 24.4 Å². The number of hydrogen-bond acceptors (Lipinski definition) is 5. The third kappa shape index (κ3) is 7.04. The second-order valence-corrected chi connectivity index (χ2v) is 3.22. The molecule has 0 radical (unpaired) electrons. The normalized spacial score (nSPS) is 11.1. The molecule has 0 spiro atoms. The van der Waals surface area contributed by atoms with Gasteiger partial charge in [0.25, 0.3) is 0 Å². The van der Waals surface area contributed by atoms with Crippen LogP contribution in [0.3, 0.4) is 0 Å². The quantitative estimate of drug-likeness (QED) is 0.239. The van der Waals surface area contributed by atoms with E-state index in [1.54, 1.807) is 14.1 Å². The molecule has 0 aliphatic rings. The van der Waals surface area contributed by atoms with Crippen molar-refractivity contribution in [3.63, 3.8) is 0 Å². The van der Waals surface area contributed by atoms with E-state index in [9.17, 15) is 0 Å². The van der Waals surface area contributed by atoms with Crippen LogP contribution in [0.15, 0.2) is 10.2 Å². The molecule has 0 amide bonds. The zero-order chi connectivity index (χ0) is 12.4. The van der Waals surface area contributed by atoms with Gasteiger partial charge in [-0.1, -0.05) is 0 Å². The summed E-state index contributed by atoms with van der Waals surface area (Å²) < 4.78 is 0. The number of thiocarbonyl (C=S) groups is 2. The molecule has 0 heterocycles. The summed E-state index contributed by atoms with van der Waals surface area (Å²) in [6, 6.07) is 0. The number of nitrogens with one attached hydrogen (secondary N) is 4. The molecule has 90 valence electrons. The Morgan fingerprint density at radius 1 is 1.19 bits per heavy atom. The number of aliphatic hydroxyl groups excluding tert-OH is 1. The number of hydrazone groups is 2. The monoisotopic (exact) mass is 262 g/mol. The van der Waals surface area contributed by atoms with Crippen LogP contribution in [-0.4, -0.2) is 48.0 Å². The van der Waals surface area contributed by atoms with Crippen molar-refractivity contribution in [1.82, 2.24) is 21.5 Å². The predicted octanol–water partition coefficient (Wildman–Crippen LogP) is -1.49. The van der Waals surface area contributed by atoms with Crippen molar-refractivity contribution < 1.29 is 5.11 Å². The third-order valence-electron chi connectivity index (χ3n) is 1.30. The minimum Gasteiger partial charge on any atom is -0.390 e. The van der Waals surface area contributed by atoms with Crippen LogP contribution in [-0.2, 0) is 0 Å². The Morgan fingerprint density at radius 3 is 2.25 bits per heavy atom. The van der Waals surface area contributed by atoms with Crippen LogP contribution in [0.5, 0.6) is 0 Å². The summed E-state index contributed by atoms with van der Waals surface area (Å²) in [5.74, 6) is 0. The molecule has 0 bridgehead atoms. The Balaban J connectivity index is 4.18. The molecular formula is C7H14N6OS2. The van der Waals surface area contributed by atoms with E-state index < -0.39 is 0 Å². The molecule has 0 aliphatic carbocycles. The van der Waals surface area contributed by atoms with Crippen LogP contribution in [0.1, 0.15) is 0 Å². The van der Waals surface area contributed by atoms with E-state index >= 15 is 0 Å². The molecule has 0 aliphatic heterocycles. The molecule has 9 heteroatoms. The third-order valence-corrected chi connectivity index (χ3v) is 1.89. The summed E-state index contributed by atoms with van der Waals surface area (Å²) in [7, 11) is 3.32. The highest BCUT2D eigenvalue weighted by molar-refractivity contribution is 7.80. The smallest absolute Gasteiger partial charge is 0.186 e. The van der Waals surface area contributed by atoms with Gasteiger partial charge in [-0.25, -0.2) is 0 Å². The van der Waals surface area contributed by atoms with Gasteiger partial charge in [-0.2, -0.15) is 10.2 Å². The first-order valence-electron chi connectivity index (χ1n) is 4.30. The molecule has 0 aromatic rings. The van der Waals surface area contributed by atoms with E-state index in [0.717, 1.165) is 0 Å². The zero-order valence-corrected chi connectivity index (χ0v) is 10.6. The van der Waals surface area contributed by atoms with Crippen LogP contribution >= 0.6 is 24.4 Å². The summed E-state index contributed by atoms with van der Waals surface area (Å²) in [4.78, 5) is 0. The molecule has 0 atom stereocenters. The fourth-order valence-electron chi connectivity index (χ4n) is 0.505. The fraction of sp³-hybridized carbons (Fsp3) is 0.429. The number of aliphatic hydroxyl groups is 1. The summed E-state index contributed by atoms with van der Waals surface area (Å²) in [5, 5.41) is 22.5. The van der Waals surface area contributed by atoms with Crippen molar-refractivity contribution in [1.29, 1.82) is 0 Å². The van der Waals surface area contributed by atoms with Gasteiger partial charge in [0.2, 0.25) is 0 Å². The Labute approximate surface area is 104 Å². The van der Waals surface area contributed by atoms with Crippen LogP contribution in [0.4, 0.5) is 0 Å². The van der Waals surface area contributed by atoms with Crippen LogP contribution in [0, 0.1) is 0 Å². The van der Waals surface area contributed by atoms with Gasteiger partial charge < -0.3 is 15.7 Å². The number of nitrogens with zero attached hydrogens (tertiary/aromatic N) is 2. The molecule has 0 aromatic heterocycles. The minimum absolute atomic E-state index is 0.267. The average Bonchev–Trinajstić information content (AvgIpc) is 2.32. The van der Waals surface area contributed by atoms with Crippen LogP contribution < -0.4 is 21.5 Å². The first-order valence-corrected chi connectivity index (χ1v) is 5.11. The summed E-state index contributed by atoms with van der Waals surface area (Å²) >= 11 is 9.58. The topological polar surface area (TPSA) is 93.1 Å². The highest BCUT2D eigenvalue weighted by atomic mass is 32.1. The molecule has 0 unspecified atom stereocenters. The van der Waals surface area contributed by atoms with Gasteiger partial charge >= 0.3 is 0 Å². The summed E-state index contributed by atoms with van der Waals surface area (Å²) in [5.41, 5.74) is 5.35. The SMILES string of the molecule is CNC(=S)N/N=C(/C=N/NC(=S)NC)CO. The first kappa shape index (κ1) is 14.7. The standard InChI is InChI=1S/C7H14N6OS2/c1-8-6(15)12-10-3-5(4-14)11-13-7(16)9-2/h3,14H,4H2,1-2H3,(H2,8,12,15)(H2,9,13,16)/b10-3+,11-5-. The lowest BCUT2D eigenvalue weighted by atomic mass is 10.4. The molecule has 0 rings (SSSR count). The largest absolute Gasteiger partial charge is 0.390 e. The lowest BCUT2D eigenvalue weighted by Gasteiger charge is -2.02. The molecule has 0 fully saturated rings. The van der Waals surface area contributed by atoms with E-state index in [2.05, 4.69) is 31.7 Å². The molecule has 0 saturated carbocycles. The maximum absolute atomic E-state index is 8.93. The van der Waals surface area contributed by atoms with Gasteiger partial charge in [0.15, 0.2) is 10.2 Å². The zero-order valence-electron chi connectivity index (χ0n) is 8.94. The molecule has 0 aromatic carbocycles. The van der Waals surface area contributed by atoms with Crippen molar-refractivity contribution in [2.24, 2.45) is 10.2 Å². The maximum atomic E-state index is 8.93. The molecule has 7 nitrogen and oxygen atoms in total. The highest BCUT2D eigenvalue weighted by Crippen LogP contribution is 1.73. The van der Waals surface area contributed by atoms with Gasteiger partial charge in [0, 0.05) is 14.1 Å². The van der Waals surface area contributed by atoms with Crippen molar-refractivity contribution in [3.8, 4) is 0 Å². The van der Waals surface area contributed by atoms with Crippen molar-refractivity contribution >= 4 is 46.6 Å². The van der Waals surface area contributed by atoms with Crippen LogP contribution in [0.2, 0.25) is 0 Å². The Bertz CT molecular complexity index is 303. The van der Waals surface area contributed by atoms with Crippen LogP contribution in [0.25, 0.3) is 0 Å². The maximum Gasteiger partial charge on any atom is 0.186 e. The minimum atomic E-state index is -0.267. The van der Waals surface area contributed by atoms with Crippen molar-refractivity contribution in [2.75, 3.05) is 20.7 Å². The number of hydrogen-bond donors (Lipinski definition) is 5. The molecule has 0 saturated heterocycles. The van der Waals surface area contributed by atoms with Crippen molar-refractivity contribution in [2.45, 2.75) is 0 Å². The Kier molecular flexibility index (Phi) is 8.21. The van der Waals surface area contributed by atoms with E-state index in [4.69, 9.17) is 29.5 Å². The second kappa shape index (κ2) is 8.95.